The number of halogens is 1. The molecule has 0 aliphatic rings. The zero-order valence-electron chi connectivity index (χ0n) is 8.34. The first-order valence-electron chi connectivity index (χ1n) is 4.43. The average Bonchev–Trinajstić information content (AvgIpc) is 2.02. The van der Waals surface area contributed by atoms with Gasteiger partial charge >= 0.3 is 0 Å². The molecule has 0 saturated carbocycles. The third-order valence-corrected chi connectivity index (χ3v) is 2.26. The van der Waals surface area contributed by atoms with Gasteiger partial charge in [-0.1, -0.05) is 24.3 Å². The molecule has 0 fully saturated rings. The van der Waals surface area contributed by atoms with E-state index >= 15 is 0 Å². The summed E-state index contributed by atoms with van der Waals surface area (Å²) in [6.07, 6.45) is 0. The molecule has 1 nitrogen and oxygen atoms in total. The predicted octanol–water partition coefficient (Wildman–Crippen LogP) is 2.74. The molecule has 1 rings (SSSR count). The third-order valence-electron chi connectivity index (χ3n) is 2.26. The zero-order chi connectivity index (χ0) is 10.1. The van der Waals surface area contributed by atoms with Crippen LogP contribution in [0.4, 0.5) is 4.39 Å². The van der Waals surface area contributed by atoms with E-state index in [4.69, 9.17) is 5.73 Å². The highest BCUT2D eigenvalue weighted by molar-refractivity contribution is 5.30. The van der Waals surface area contributed by atoms with Crippen LogP contribution in [0, 0.1) is 6.92 Å². The van der Waals surface area contributed by atoms with Gasteiger partial charge in [0.15, 0.2) is 0 Å². The Labute approximate surface area is 78.8 Å². The lowest BCUT2D eigenvalue weighted by atomic mass is 9.91. The van der Waals surface area contributed by atoms with Gasteiger partial charge in [0.2, 0.25) is 0 Å². The van der Waals surface area contributed by atoms with Crippen LogP contribution < -0.4 is 5.73 Å². The number of benzene rings is 1. The number of aryl methyl sites for hydroxylation is 1. The van der Waals surface area contributed by atoms with Crippen LogP contribution in [0.2, 0.25) is 0 Å². The molecular formula is C11H16FN. The highest BCUT2D eigenvalue weighted by Gasteiger charge is 2.27. The predicted molar refractivity (Wildman–Crippen MR) is 53.3 cm³/mol. The fraction of sp³-hybridized carbons (Fsp3) is 0.455. The van der Waals surface area contributed by atoms with Gasteiger partial charge < -0.3 is 5.73 Å². The smallest absolute Gasteiger partial charge is 0.124 e. The van der Waals surface area contributed by atoms with Crippen molar-refractivity contribution in [2.45, 2.75) is 32.5 Å². The minimum Gasteiger partial charge on any atom is -0.321 e. The summed E-state index contributed by atoms with van der Waals surface area (Å²) < 4.78 is 13.5. The third kappa shape index (κ3) is 2.28. The lowest BCUT2D eigenvalue weighted by molar-refractivity contribution is 0.173. The summed E-state index contributed by atoms with van der Waals surface area (Å²) in [6.45, 7) is 4.95. The monoisotopic (exact) mass is 181 g/mol. The van der Waals surface area contributed by atoms with Gasteiger partial charge in [0.05, 0.1) is 6.04 Å². The van der Waals surface area contributed by atoms with E-state index in [0.717, 1.165) is 11.1 Å². The van der Waals surface area contributed by atoms with Gasteiger partial charge in [-0.3, -0.25) is 0 Å². The van der Waals surface area contributed by atoms with Gasteiger partial charge in [-0.2, -0.15) is 0 Å². The summed E-state index contributed by atoms with van der Waals surface area (Å²) in [5.74, 6) is 0. The summed E-state index contributed by atoms with van der Waals surface area (Å²) in [5, 5.41) is 0. The van der Waals surface area contributed by atoms with E-state index in [1.54, 1.807) is 0 Å². The molecule has 1 atom stereocenters. The maximum Gasteiger partial charge on any atom is 0.124 e. The van der Waals surface area contributed by atoms with Crippen LogP contribution in [0.1, 0.15) is 31.0 Å². The maximum atomic E-state index is 13.5. The molecule has 0 spiro atoms. The molecule has 0 amide bonds. The first-order chi connectivity index (χ1) is 5.93. The van der Waals surface area contributed by atoms with Gasteiger partial charge in [0, 0.05) is 0 Å². The minimum atomic E-state index is -1.37. The Balaban J connectivity index is 3.02. The van der Waals surface area contributed by atoms with Crippen molar-refractivity contribution >= 4 is 0 Å². The fourth-order valence-corrected chi connectivity index (χ4v) is 1.31. The summed E-state index contributed by atoms with van der Waals surface area (Å²) >= 11 is 0. The number of hydrogen-bond donors (Lipinski definition) is 1. The molecule has 2 N–H and O–H groups in total. The number of rotatable bonds is 2. The molecule has 1 aromatic carbocycles. The molecule has 13 heavy (non-hydrogen) atoms. The van der Waals surface area contributed by atoms with Gasteiger partial charge in [-0.05, 0) is 31.9 Å². The van der Waals surface area contributed by atoms with Crippen molar-refractivity contribution < 1.29 is 4.39 Å². The topological polar surface area (TPSA) is 26.0 Å². The number of alkyl halides is 1. The van der Waals surface area contributed by atoms with Crippen LogP contribution in [0.3, 0.4) is 0 Å². The second-order valence-corrected chi connectivity index (χ2v) is 3.90. The Hall–Kier alpha value is -0.890. The molecule has 0 aliphatic carbocycles. The van der Waals surface area contributed by atoms with Gasteiger partial charge in [0.25, 0.3) is 0 Å². The van der Waals surface area contributed by atoms with E-state index in [1.165, 1.54) is 13.8 Å². The molecule has 0 aromatic heterocycles. The summed E-state index contributed by atoms with van der Waals surface area (Å²) in [7, 11) is 0. The van der Waals surface area contributed by atoms with Crippen LogP contribution in [0.25, 0.3) is 0 Å². The Morgan fingerprint density at radius 3 is 2.31 bits per heavy atom. The molecule has 0 aliphatic heterocycles. The van der Waals surface area contributed by atoms with E-state index in [-0.39, 0.29) is 0 Å². The van der Waals surface area contributed by atoms with Crippen LogP contribution in [-0.4, -0.2) is 5.67 Å². The standard InChI is InChI=1S/C11H16FN/c1-8-6-4-5-7-9(8)10(13)11(2,3)12/h4-7,10H,13H2,1-3H3. The van der Waals surface area contributed by atoms with Crippen molar-refractivity contribution in [3.8, 4) is 0 Å². The van der Waals surface area contributed by atoms with Crippen LogP contribution in [0.5, 0.6) is 0 Å². The molecule has 1 aromatic rings. The second-order valence-electron chi connectivity index (χ2n) is 3.90. The quantitative estimate of drug-likeness (QED) is 0.746. The van der Waals surface area contributed by atoms with Gasteiger partial charge in [-0.25, -0.2) is 4.39 Å². The highest BCUT2D eigenvalue weighted by Crippen LogP contribution is 2.28. The lowest BCUT2D eigenvalue weighted by Crippen LogP contribution is -2.31. The Kier molecular flexibility index (Phi) is 2.71. The largest absolute Gasteiger partial charge is 0.321 e. The summed E-state index contributed by atoms with van der Waals surface area (Å²) in [6, 6.07) is 7.08. The Morgan fingerprint density at radius 1 is 1.31 bits per heavy atom. The molecule has 1 unspecified atom stereocenters. The maximum absolute atomic E-state index is 13.5. The van der Waals surface area contributed by atoms with Crippen molar-refractivity contribution in [3.63, 3.8) is 0 Å². The highest BCUT2D eigenvalue weighted by atomic mass is 19.1. The van der Waals surface area contributed by atoms with E-state index < -0.39 is 11.7 Å². The molecule has 0 bridgehead atoms. The van der Waals surface area contributed by atoms with E-state index in [9.17, 15) is 4.39 Å². The van der Waals surface area contributed by atoms with E-state index in [1.807, 2.05) is 31.2 Å². The zero-order valence-corrected chi connectivity index (χ0v) is 8.34. The van der Waals surface area contributed by atoms with E-state index in [2.05, 4.69) is 0 Å². The van der Waals surface area contributed by atoms with Gasteiger partial charge in [0.1, 0.15) is 5.67 Å². The second kappa shape index (κ2) is 3.46. The minimum absolute atomic E-state index is 0.548. The lowest BCUT2D eigenvalue weighted by Gasteiger charge is -2.24. The molecule has 0 radical (unpaired) electrons. The molecule has 0 heterocycles. The van der Waals surface area contributed by atoms with Crippen molar-refractivity contribution in [1.82, 2.24) is 0 Å². The first kappa shape index (κ1) is 10.2. The first-order valence-corrected chi connectivity index (χ1v) is 4.43. The van der Waals surface area contributed by atoms with E-state index in [0.29, 0.717) is 0 Å². The van der Waals surface area contributed by atoms with Crippen molar-refractivity contribution in [1.29, 1.82) is 0 Å². The summed E-state index contributed by atoms with van der Waals surface area (Å²) in [5.41, 5.74) is 6.36. The normalized spacial score (nSPS) is 14.2. The molecular weight excluding hydrogens is 165 g/mol. The molecule has 2 heteroatoms. The number of nitrogens with two attached hydrogens (primary N) is 1. The van der Waals surface area contributed by atoms with Gasteiger partial charge in [-0.15, -0.1) is 0 Å². The van der Waals surface area contributed by atoms with Crippen LogP contribution in [-0.2, 0) is 0 Å². The summed E-state index contributed by atoms with van der Waals surface area (Å²) in [4.78, 5) is 0. The van der Waals surface area contributed by atoms with Crippen molar-refractivity contribution in [3.05, 3.63) is 35.4 Å². The Bertz CT molecular complexity index is 288. The van der Waals surface area contributed by atoms with Crippen LogP contribution >= 0.6 is 0 Å². The Morgan fingerprint density at radius 2 is 1.85 bits per heavy atom. The number of hydrogen-bond acceptors (Lipinski definition) is 1. The molecule has 72 valence electrons. The SMILES string of the molecule is Cc1ccccc1C(N)C(C)(C)F. The van der Waals surface area contributed by atoms with Crippen molar-refractivity contribution in [2.75, 3.05) is 0 Å². The van der Waals surface area contributed by atoms with Crippen LogP contribution in [0.15, 0.2) is 24.3 Å². The van der Waals surface area contributed by atoms with Crippen molar-refractivity contribution in [2.24, 2.45) is 5.73 Å². The molecule has 0 saturated heterocycles. The average molecular weight is 181 g/mol. The fourth-order valence-electron chi connectivity index (χ4n) is 1.31.